The normalized spacial score (nSPS) is 11.1. The number of anilines is 2. The van der Waals surface area contributed by atoms with Crippen molar-refractivity contribution in [1.29, 1.82) is 0 Å². The highest BCUT2D eigenvalue weighted by Crippen LogP contribution is 2.29. The molecule has 0 atom stereocenters. The van der Waals surface area contributed by atoms with Crippen molar-refractivity contribution >= 4 is 33.3 Å². The van der Waals surface area contributed by atoms with Gasteiger partial charge in [0.05, 0.1) is 28.4 Å². The van der Waals surface area contributed by atoms with Gasteiger partial charge in [0.25, 0.3) is 10.0 Å². The minimum Gasteiger partial charge on any atom is -0.462 e. The van der Waals surface area contributed by atoms with Gasteiger partial charge in [-0.05, 0) is 69.2 Å². The summed E-state index contributed by atoms with van der Waals surface area (Å²) in [6.45, 7) is 6.97. The molecular weight excluding hydrogens is 452 g/mol. The summed E-state index contributed by atoms with van der Waals surface area (Å²) in [6, 6.07) is 18.2. The maximum atomic E-state index is 13.6. The van der Waals surface area contributed by atoms with Crippen LogP contribution in [-0.4, -0.2) is 33.4 Å². The summed E-state index contributed by atoms with van der Waals surface area (Å²) in [7, 11) is -4.05. The van der Waals surface area contributed by atoms with E-state index in [-0.39, 0.29) is 22.8 Å². The van der Waals surface area contributed by atoms with Crippen LogP contribution in [0.2, 0.25) is 0 Å². The number of carbonyl (C=O) groups is 2. The van der Waals surface area contributed by atoms with Crippen LogP contribution < -0.4 is 9.62 Å². The number of esters is 1. The highest BCUT2D eigenvalue weighted by Gasteiger charge is 2.29. The molecule has 0 aliphatic rings. The highest BCUT2D eigenvalue weighted by molar-refractivity contribution is 7.92. The lowest BCUT2D eigenvalue weighted by Crippen LogP contribution is -2.38. The van der Waals surface area contributed by atoms with E-state index in [0.717, 1.165) is 21.0 Å². The molecule has 34 heavy (non-hydrogen) atoms. The van der Waals surface area contributed by atoms with E-state index >= 15 is 0 Å². The number of ether oxygens (including phenoxy) is 1. The summed E-state index contributed by atoms with van der Waals surface area (Å²) in [5, 5.41) is 2.67. The second-order valence-electron chi connectivity index (χ2n) is 7.86. The molecule has 3 aromatic carbocycles. The van der Waals surface area contributed by atoms with Gasteiger partial charge in [0.15, 0.2) is 0 Å². The maximum Gasteiger partial charge on any atom is 0.340 e. The quantitative estimate of drug-likeness (QED) is 0.475. The molecule has 3 rings (SSSR count). The maximum absolute atomic E-state index is 13.6. The van der Waals surface area contributed by atoms with Crippen LogP contribution in [0.1, 0.15) is 34.0 Å². The minimum absolute atomic E-state index is 0.0822. The number of rotatable bonds is 8. The van der Waals surface area contributed by atoms with E-state index in [9.17, 15) is 18.0 Å². The largest absolute Gasteiger partial charge is 0.462 e. The highest BCUT2D eigenvalue weighted by atomic mass is 32.2. The minimum atomic E-state index is -4.05. The zero-order valence-electron chi connectivity index (χ0n) is 19.7. The summed E-state index contributed by atoms with van der Waals surface area (Å²) in [5.74, 6) is -1.16. The molecule has 0 radical (unpaired) electrons. The Balaban J connectivity index is 1.99. The van der Waals surface area contributed by atoms with Crippen molar-refractivity contribution in [2.45, 2.75) is 32.6 Å². The first-order chi connectivity index (χ1) is 16.1. The Kier molecular flexibility index (Phi) is 7.73. The molecule has 0 aromatic heterocycles. The number of nitrogens with zero attached hydrogens (tertiary/aromatic N) is 1. The average Bonchev–Trinajstić information content (AvgIpc) is 2.80. The summed E-state index contributed by atoms with van der Waals surface area (Å²) < 4.78 is 33.4. The molecule has 1 amide bonds. The lowest BCUT2D eigenvalue weighted by atomic mass is 10.1. The Labute approximate surface area is 200 Å². The molecule has 0 saturated heterocycles. The SMILES string of the molecule is CCOC(=O)c1ccccc1NC(=O)CN(c1cccc(C)c1C)S(=O)(=O)c1ccc(C)cc1. The molecule has 0 unspecified atom stereocenters. The number of aryl methyl sites for hydroxylation is 2. The molecule has 178 valence electrons. The smallest absolute Gasteiger partial charge is 0.340 e. The number of benzene rings is 3. The third-order valence-electron chi connectivity index (χ3n) is 5.44. The van der Waals surface area contributed by atoms with Gasteiger partial charge in [0.2, 0.25) is 5.91 Å². The average molecular weight is 481 g/mol. The van der Waals surface area contributed by atoms with Crippen LogP contribution in [0.15, 0.2) is 71.6 Å². The predicted octanol–water partition coefficient (Wildman–Crippen LogP) is 4.62. The van der Waals surface area contributed by atoms with E-state index in [2.05, 4.69) is 5.32 Å². The van der Waals surface area contributed by atoms with Gasteiger partial charge >= 0.3 is 5.97 Å². The van der Waals surface area contributed by atoms with Gasteiger partial charge in [-0.2, -0.15) is 0 Å². The van der Waals surface area contributed by atoms with E-state index < -0.39 is 28.4 Å². The lowest BCUT2D eigenvalue weighted by molar-refractivity contribution is -0.114. The van der Waals surface area contributed by atoms with E-state index in [1.54, 1.807) is 55.5 Å². The predicted molar refractivity (Wildman–Crippen MR) is 133 cm³/mol. The first-order valence-electron chi connectivity index (χ1n) is 10.9. The molecule has 0 spiro atoms. The lowest BCUT2D eigenvalue weighted by Gasteiger charge is -2.26. The molecular formula is C26H28N2O5S. The van der Waals surface area contributed by atoms with Gasteiger partial charge in [-0.25, -0.2) is 13.2 Å². The van der Waals surface area contributed by atoms with Gasteiger partial charge in [0.1, 0.15) is 6.54 Å². The third-order valence-corrected chi connectivity index (χ3v) is 7.21. The number of para-hydroxylation sites is 1. The van der Waals surface area contributed by atoms with Crippen molar-refractivity contribution in [3.05, 3.63) is 89.0 Å². The molecule has 0 saturated carbocycles. The number of amides is 1. The fraction of sp³-hybridized carbons (Fsp3) is 0.231. The monoisotopic (exact) mass is 480 g/mol. The van der Waals surface area contributed by atoms with Crippen LogP contribution in [0, 0.1) is 20.8 Å². The zero-order chi connectivity index (χ0) is 24.9. The second kappa shape index (κ2) is 10.5. The summed E-state index contributed by atoms with van der Waals surface area (Å²) in [4.78, 5) is 25.4. The van der Waals surface area contributed by atoms with Gasteiger partial charge in [0, 0.05) is 0 Å². The van der Waals surface area contributed by atoms with Gasteiger partial charge in [-0.3, -0.25) is 9.10 Å². The molecule has 7 nitrogen and oxygen atoms in total. The van der Waals surface area contributed by atoms with Crippen molar-refractivity contribution in [2.75, 3.05) is 22.8 Å². The van der Waals surface area contributed by atoms with Crippen LogP contribution in [0.25, 0.3) is 0 Å². The molecule has 0 bridgehead atoms. The van der Waals surface area contributed by atoms with Crippen LogP contribution in [0.3, 0.4) is 0 Å². The number of sulfonamides is 1. The molecule has 0 aliphatic carbocycles. The topological polar surface area (TPSA) is 92.8 Å². The Morgan fingerprint density at radius 1 is 0.912 bits per heavy atom. The van der Waals surface area contributed by atoms with Crippen molar-refractivity contribution in [1.82, 2.24) is 0 Å². The summed E-state index contributed by atoms with van der Waals surface area (Å²) in [5.41, 5.74) is 3.42. The first-order valence-corrected chi connectivity index (χ1v) is 12.3. The Hall–Kier alpha value is -3.65. The molecule has 0 heterocycles. The standard InChI is InChI=1S/C26H28N2O5S/c1-5-33-26(30)22-10-6-7-11-23(22)27-25(29)17-28(24-12-8-9-19(3)20(24)4)34(31,32)21-15-13-18(2)14-16-21/h6-16H,5,17H2,1-4H3,(H,27,29). The summed E-state index contributed by atoms with van der Waals surface area (Å²) >= 11 is 0. The fourth-order valence-corrected chi connectivity index (χ4v) is 4.92. The van der Waals surface area contributed by atoms with Crippen LogP contribution in [-0.2, 0) is 19.6 Å². The van der Waals surface area contributed by atoms with Gasteiger partial charge < -0.3 is 10.1 Å². The van der Waals surface area contributed by atoms with Gasteiger partial charge in [-0.1, -0.05) is 42.0 Å². The van der Waals surface area contributed by atoms with Crippen molar-refractivity contribution in [3.63, 3.8) is 0 Å². The third kappa shape index (κ3) is 5.46. The number of carbonyl (C=O) groups excluding carboxylic acids is 2. The van der Waals surface area contributed by atoms with Crippen LogP contribution >= 0.6 is 0 Å². The molecule has 3 aromatic rings. The summed E-state index contributed by atoms with van der Waals surface area (Å²) in [6.07, 6.45) is 0. The second-order valence-corrected chi connectivity index (χ2v) is 9.72. The van der Waals surface area contributed by atoms with E-state index in [0.29, 0.717) is 5.69 Å². The zero-order valence-corrected chi connectivity index (χ0v) is 20.5. The van der Waals surface area contributed by atoms with E-state index in [1.807, 2.05) is 26.8 Å². The van der Waals surface area contributed by atoms with Crippen molar-refractivity contribution < 1.29 is 22.7 Å². The molecule has 0 fully saturated rings. The molecule has 8 heteroatoms. The van der Waals surface area contributed by atoms with E-state index in [4.69, 9.17) is 4.74 Å². The number of hydrogen-bond acceptors (Lipinski definition) is 5. The Morgan fingerprint density at radius 3 is 2.26 bits per heavy atom. The van der Waals surface area contributed by atoms with Gasteiger partial charge in [-0.15, -0.1) is 0 Å². The van der Waals surface area contributed by atoms with Crippen LogP contribution in [0.5, 0.6) is 0 Å². The van der Waals surface area contributed by atoms with Crippen LogP contribution in [0.4, 0.5) is 11.4 Å². The molecule has 1 N–H and O–H groups in total. The Morgan fingerprint density at radius 2 is 1.59 bits per heavy atom. The first kappa shape index (κ1) is 25.0. The Bertz CT molecular complexity index is 1300. The van der Waals surface area contributed by atoms with Crippen molar-refractivity contribution in [2.24, 2.45) is 0 Å². The van der Waals surface area contributed by atoms with E-state index in [1.165, 1.54) is 12.1 Å². The number of nitrogens with one attached hydrogen (secondary N) is 1. The van der Waals surface area contributed by atoms with Crippen molar-refractivity contribution in [3.8, 4) is 0 Å². The molecule has 0 aliphatic heterocycles. The number of hydrogen-bond donors (Lipinski definition) is 1. The fourth-order valence-electron chi connectivity index (χ4n) is 3.44.